The summed E-state index contributed by atoms with van der Waals surface area (Å²) in [4.78, 5) is 4.75. The van der Waals surface area contributed by atoms with E-state index in [9.17, 15) is 0 Å². The molecule has 2 aliphatic carbocycles. The van der Waals surface area contributed by atoms with Crippen LogP contribution in [0.1, 0.15) is 43.9 Å². The molecule has 0 spiro atoms. The van der Waals surface area contributed by atoms with Crippen LogP contribution in [-0.4, -0.2) is 0 Å². The molecule has 60 heavy (non-hydrogen) atoms. The summed E-state index contributed by atoms with van der Waals surface area (Å²) in [7, 11) is 0. The van der Waals surface area contributed by atoms with Crippen LogP contribution in [-0.2, 0) is 5.41 Å². The summed E-state index contributed by atoms with van der Waals surface area (Å²) in [6, 6.07) is 73.0. The third-order valence-electron chi connectivity index (χ3n) is 12.4. The van der Waals surface area contributed by atoms with Crippen molar-refractivity contribution in [1.82, 2.24) is 0 Å². The molecule has 0 heterocycles. The van der Waals surface area contributed by atoms with Crippen LogP contribution in [0.15, 0.2) is 218 Å². The lowest BCUT2D eigenvalue weighted by molar-refractivity contribution is 0.660. The zero-order chi connectivity index (χ0) is 40.6. The standard InChI is InChI=1S/C58H48N2/c1-41-22-24-42(25-23-41)44-32-36-50(37-33-44)60(48-16-8-5-9-17-48)57-21-13-11-18-52(57)46-28-26-43(27-29-46)45-30-34-49(35-31-45)59(47-14-6-4-7-15-47)51-38-39-54-53-19-10-12-20-55(53)58(2,3)56(54)40-51/h4-22,24-41H,23H2,1-3H3. The number of hydrogen-bond acceptors (Lipinski definition) is 2. The molecule has 0 aromatic heterocycles. The molecule has 10 rings (SSSR count). The van der Waals surface area contributed by atoms with Crippen molar-refractivity contribution in [2.24, 2.45) is 5.92 Å². The van der Waals surface area contributed by atoms with Crippen molar-refractivity contribution in [1.29, 1.82) is 0 Å². The monoisotopic (exact) mass is 772 g/mol. The van der Waals surface area contributed by atoms with Crippen molar-refractivity contribution < 1.29 is 0 Å². The molecule has 0 amide bonds. The fraction of sp³-hybridized carbons (Fsp3) is 0.103. The molecule has 1 unspecified atom stereocenters. The van der Waals surface area contributed by atoms with Gasteiger partial charge in [-0.05, 0) is 129 Å². The van der Waals surface area contributed by atoms with Gasteiger partial charge in [0.1, 0.15) is 0 Å². The Hall–Kier alpha value is -7.16. The highest BCUT2D eigenvalue weighted by Crippen LogP contribution is 2.51. The minimum atomic E-state index is -0.0737. The van der Waals surface area contributed by atoms with Crippen LogP contribution in [0.3, 0.4) is 0 Å². The predicted octanol–water partition coefficient (Wildman–Crippen LogP) is 16.2. The number of benzene rings is 8. The van der Waals surface area contributed by atoms with Gasteiger partial charge in [0.25, 0.3) is 0 Å². The van der Waals surface area contributed by atoms with E-state index < -0.39 is 0 Å². The number of anilines is 6. The molecular formula is C58H48N2. The van der Waals surface area contributed by atoms with Gasteiger partial charge in [0, 0.05) is 39.4 Å². The van der Waals surface area contributed by atoms with Crippen LogP contribution >= 0.6 is 0 Å². The van der Waals surface area contributed by atoms with Crippen LogP contribution in [0.4, 0.5) is 34.1 Å². The van der Waals surface area contributed by atoms with Crippen LogP contribution in [0.2, 0.25) is 0 Å². The van der Waals surface area contributed by atoms with E-state index in [1.54, 1.807) is 0 Å². The first-order chi connectivity index (χ1) is 29.4. The van der Waals surface area contributed by atoms with Crippen molar-refractivity contribution in [3.8, 4) is 33.4 Å². The highest BCUT2D eigenvalue weighted by atomic mass is 15.1. The maximum absolute atomic E-state index is 2.40. The molecule has 2 nitrogen and oxygen atoms in total. The minimum Gasteiger partial charge on any atom is -0.310 e. The molecule has 0 bridgehead atoms. The average molecular weight is 773 g/mol. The normalized spacial score (nSPS) is 14.8. The SMILES string of the molecule is CC1C=CC(c2ccc(N(c3ccccc3)c3ccccc3-c3ccc(-c4ccc(N(c5ccccc5)c5ccc6c(c5)C(C)(C)c5ccccc5-6)cc4)cc3)cc2)=CC1. The zero-order valence-corrected chi connectivity index (χ0v) is 34.5. The molecule has 0 radical (unpaired) electrons. The first-order valence-corrected chi connectivity index (χ1v) is 21.2. The lowest BCUT2D eigenvalue weighted by Gasteiger charge is -2.28. The van der Waals surface area contributed by atoms with Gasteiger partial charge in [-0.15, -0.1) is 0 Å². The lowest BCUT2D eigenvalue weighted by Crippen LogP contribution is -2.16. The molecule has 8 aromatic rings. The Morgan fingerprint density at radius 2 is 0.900 bits per heavy atom. The molecule has 0 saturated heterocycles. The quantitative estimate of drug-likeness (QED) is 0.144. The van der Waals surface area contributed by atoms with Gasteiger partial charge in [0.2, 0.25) is 0 Å². The van der Waals surface area contributed by atoms with E-state index in [2.05, 4.69) is 249 Å². The van der Waals surface area contributed by atoms with Gasteiger partial charge < -0.3 is 9.80 Å². The zero-order valence-electron chi connectivity index (χ0n) is 34.5. The molecule has 2 heteroatoms. The number of hydrogen-bond donors (Lipinski definition) is 0. The number of rotatable bonds is 9. The molecule has 2 aliphatic rings. The summed E-state index contributed by atoms with van der Waals surface area (Å²) in [5.41, 5.74) is 19.4. The van der Waals surface area contributed by atoms with Crippen LogP contribution in [0.5, 0.6) is 0 Å². The topological polar surface area (TPSA) is 6.48 Å². The second kappa shape index (κ2) is 15.5. The van der Waals surface area contributed by atoms with Gasteiger partial charge in [-0.1, -0.05) is 172 Å². The minimum absolute atomic E-state index is 0.0737. The van der Waals surface area contributed by atoms with E-state index in [-0.39, 0.29) is 5.41 Å². The predicted molar refractivity (Wildman–Crippen MR) is 255 cm³/mol. The Bertz CT molecular complexity index is 2850. The summed E-state index contributed by atoms with van der Waals surface area (Å²) < 4.78 is 0. The maximum atomic E-state index is 2.40. The summed E-state index contributed by atoms with van der Waals surface area (Å²) >= 11 is 0. The third kappa shape index (κ3) is 6.84. The lowest BCUT2D eigenvalue weighted by atomic mass is 9.82. The van der Waals surface area contributed by atoms with Gasteiger partial charge in [-0.2, -0.15) is 0 Å². The van der Waals surface area contributed by atoms with E-state index in [4.69, 9.17) is 0 Å². The van der Waals surface area contributed by atoms with Gasteiger partial charge in [-0.25, -0.2) is 0 Å². The van der Waals surface area contributed by atoms with Crippen LogP contribution in [0.25, 0.3) is 39.0 Å². The molecule has 0 N–H and O–H groups in total. The van der Waals surface area contributed by atoms with Gasteiger partial charge in [0.15, 0.2) is 0 Å². The van der Waals surface area contributed by atoms with Gasteiger partial charge in [0.05, 0.1) is 5.69 Å². The maximum Gasteiger partial charge on any atom is 0.0540 e. The van der Waals surface area contributed by atoms with E-state index in [1.165, 1.54) is 55.6 Å². The van der Waals surface area contributed by atoms with E-state index in [0.717, 1.165) is 40.5 Å². The molecule has 0 fully saturated rings. The van der Waals surface area contributed by atoms with Crippen molar-refractivity contribution in [3.63, 3.8) is 0 Å². The highest BCUT2D eigenvalue weighted by Gasteiger charge is 2.35. The smallest absolute Gasteiger partial charge is 0.0540 e. The Kier molecular flexibility index (Phi) is 9.62. The second-order valence-corrected chi connectivity index (χ2v) is 16.7. The largest absolute Gasteiger partial charge is 0.310 e. The fourth-order valence-electron chi connectivity index (χ4n) is 9.16. The van der Waals surface area contributed by atoms with E-state index in [0.29, 0.717) is 5.92 Å². The molecular weight excluding hydrogens is 725 g/mol. The van der Waals surface area contributed by atoms with Gasteiger partial charge >= 0.3 is 0 Å². The van der Waals surface area contributed by atoms with E-state index in [1.807, 2.05) is 0 Å². The van der Waals surface area contributed by atoms with Crippen molar-refractivity contribution in [3.05, 3.63) is 235 Å². The molecule has 0 aliphatic heterocycles. The summed E-state index contributed by atoms with van der Waals surface area (Å²) in [5.74, 6) is 0.595. The number of nitrogens with zero attached hydrogens (tertiary/aromatic N) is 2. The van der Waals surface area contributed by atoms with Crippen molar-refractivity contribution >= 4 is 39.7 Å². The highest BCUT2D eigenvalue weighted by molar-refractivity contribution is 5.90. The summed E-state index contributed by atoms with van der Waals surface area (Å²) in [5, 5.41) is 0. The number of allylic oxidation sites excluding steroid dienone is 4. The average Bonchev–Trinajstić information content (AvgIpc) is 3.53. The van der Waals surface area contributed by atoms with Crippen LogP contribution in [0, 0.1) is 5.92 Å². The number of para-hydroxylation sites is 3. The first kappa shape index (κ1) is 37.1. The van der Waals surface area contributed by atoms with Gasteiger partial charge in [-0.3, -0.25) is 0 Å². The third-order valence-corrected chi connectivity index (χ3v) is 12.4. The molecule has 1 atom stereocenters. The molecule has 290 valence electrons. The fourth-order valence-corrected chi connectivity index (χ4v) is 9.16. The Labute approximate surface area is 355 Å². The molecule has 8 aromatic carbocycles. The Morgan fingerprint density at radius 3 is 1.55 bits per heavy atom. The van der Waals surface area contributed by atoms with Crippen molar-refractivity contribution in [2.45, 2.75) is 32.6 Å². The van der Waals surface area contributed by atoms with Crippen molar-refractivity contribution in [2.75, 3.05) is 9.80 Å². The summed E-state index contributed by atoms with van der Waals surface area (Å²) in [6.45, 7) is 6.96. The number of fused-ring (bicyclic) bond motifs is 3. The van der Waals surface area contributed by atoms with Crippen LogP contribution < -0.4 is 9.80 Å². The summed E-state index contributed by atoms with van der Waals surface area (Å²) in [6.07, 6.45) is 8.01. The molecule has 0 saturated carbocycles. The Morgan fingerprint density at radius 1 is 0.417 bits per heavy atom. The first-order valence-electron chi connectivity index (χ1n) is 21.2. The second-order valence-electron chi connectivity index (χ2n) is 16.7. The van der Waals surface area contributed by atoms with E-state index >= 15 is 0 Å². The Balaban J connectivity index is 0.955.